The topological polar surface area (TPSA) is 17.1 Å². The lowest BCUT2D eigenvalue weighted by Crippen LogP contribution is -2.05. The van der Waals surface area contributed by atoms with Crippen LogP contribution in [0.1, 0.15) is 21.5 Å². The smallest absolute Gasteiger partial charge is 0.168 e. The van der Waals surface area contributed by atoms with Gasteiger partial charge < -0.3 is 0 Å². The van der Waals surface area contributed by atoms with Gasteiger partial charge >= 0.3 is 0 Å². The summed E-state index contributed by atoms with van der Waals surface area (Å²) in [5, 5.41) is 1.32. The summed E-state index contributed by atoms with van der Waals surface area (Å²) in [6.45, 7) is 1.92. The van der Waals surface area contributed by atoms with Crippen molar-refractivity contribution in [2.75, 3.05) is 0 Å². The summed E-state index contributed by atoms with van der Waals surface area (Å²) in [5.74, 6) is -0.0748. The van der Waals surface area contributed by atoms with Crippen molar-refractivity contribution >= 4 is 40.6 Å². The molecule has 0 heterocycles. The average Bonchev–Trinajstić information content (AvgIpc) is 2.34. The standard InChI is InChI=1S/C15H11Cl3O/c1-9-5-6-11(13(17)7-9)14(19)8-10-3-2-4-12(16)15(10)18/h2-7H,8H2,1H3. The van der Waals surface area contributed by atoms with Crippen LogP contribution in [0.25, 0.3) is 0 Å². The van der Waals surface area contributed by atoms with Gasteiger partial charge in [-0.05, 0) is 36.2 Å². The molecule has 0 aromatic heterocycles. The molecule has 0 bridgehead atoms. The first kappa shape index (κ1) is 14.4. The molecule has 98 valence electrons. The molecule has 0 spiro atoms. The summed E-state index contributed by atoms with van der Waals surface area (Å²) in [6.07, 6.45) is 0.183. The normalized spacial score (nSPS) is 10.5. The maximum absolute atomic E-state index is 12.2. The van der Waals surface area contributed by atoms with Crippen LogP contribution in [0.3, 0.4) is 0 Å². The highest BCUT2D eigenvalue weighted by Gasteiger charge is 2.14. The summed E-state index contributed by atoms with van der Waals surface area (Å²) in [7, 11) is 0. The van der Waals surface area contributed by atoms with Gasteiger partial charge in [0.25, 0.3) is 0 Å². The highest BCUT2D eigenvalue weighted by molar-refractivity contribution is 6.42. The molecule has 1 nitrogen and oxygen atoms in total. The summed E-state index contributed by atoms with van der Waals surface area (Å²) < 4.78 is 0. The minimum Gasteiger partial charge on any atom is -0.294 e. The van der Waals surface area contributed by atoms with E-state index in [1.54, 1.807) is 30.3 Å². The molecule has 0 saturated heterocycles. The molecule has 0 aliphatic heterocycles. The zero-order valence-electron chi connectivity index (χ0n) is 10.2. The van der Waals surface area contributed by atoms with Gasteiger partial charge in [-0.25, -0.2) is 0 Å². The van der Waals surface area contributed by atoms with Crippen molar-refractivity contribution in [2.24, 2.45) is 0 Å². The largest absolute Gasteiger partial charge is 0.294 e. The van der Waals surface area contributed by atoms with Crippen LogP contribution in [0.4, 0.5) is 0 Å². The fraction of sp³-hybridized carbons (Fsp3) is 0.133. The van der Waals surface area contributed by atoms with E-state index in [-0.39, 0.29) is 12.2 Å². The maximum Gasteiger partial charge on any atom is 0.168 e. The van der Waals surface area contributed by atoms with Crippen molar-refractivity contribution < 1.29 is 4.79 Å². The van der Waals surface area contributed by atoms with E-state index < -0.39 is 0 Å². The number of benzene rings is 2. The number of hydrogen-bond donors (Lipinski definition) is 0. The molecule has 19 heavy (non-hydrogen) atoms. The summed E-state index contributed by atoms with van der Waals surface area (Å²) in [6, 6.07) is 10.6. The molecule has 4 heteroatoms. The van der Waals surface area contributed by atoms with Crippen molar-refractivity contribution in [1.29, 1.82) is 0 Å². The highest BCUT2D eigenvalue weighted by Crippen LogP contribution is 2.27. The Labute approximate surface area is 127 Å². The molecular weight excluding hydrogens is 303 g/mol. The van der Waals surface area contributed by atoms with E-state index in [0.717, 1.165) is 5.56 Å². The Morgan fingerprint density at radius 2 is 1.79 bits per heavy atom. The molecule has 0 aliphatic carbocycles. The Kier molecular flexibility index (Phi) is 4.51. The molecule has 2 rings (SSSR count). The predicted octanol–water partition coefficient (Wildman–Crippen LogP) is 5.38. The molecule has 0 amide bonds. The summed E-state index contributed by atoms with van der Waals surface area (Å²) in [5.41, 5.74) is 2.22. The molecule has 2 aromatic rings. The van der Waals surface area contributed by atoms with Gasteiger partial charge in [-0.15, -0.1) is 0 Å². The molecular formula is C15H11Cl3O. The van der Waals surface area contributed by atoms with Crippen LogP contribution in [0.2, 0.25) is 15.1 Å². The lowest BCUT2D eigenvalue weighted by molar-refractivity contribution is 0.0993. The van der Waals surface area contributed by atoms with Crippen LogP contribution in [0, 0.1) is 6.92 Å². The summed E-state index contributed by atoms with van der Waals surface area (Å²) in [4.78, 5) is 12.2. The Hall–Kier alpha value is -1.02. The number of carbonyl (C=O) groups excluding carboxylic acids is 1. The van der Waals surface area contributed by atoms with Gasteiger partial charge in [-0.3, -0.25) is 4.79 Å². The minimum atomic E-state index is -0.0748. The van der Waals surface area contributed by atoms with E-state index in [9.17, 15) is 4.79 Å². The molecule has 2 aromatic carbocycles. The number of ketones is 1. The molecule has 0 aliphatic rings. The second-order valence-corrected chi connectivity index (χ2v) is 5.49. The SMILES string of the molecule is Cc1ccc(C(=O)Cc2cccc(Cl)c2Cl)c(Cl)c1. The number of Topliss-reactive ketones (excluding diaryl/α,β-unsaturated/α-hetero) is 1. The highest BCUT2D eigenvalue weighted by atomic mass is 35.5. The van der Waals surface area contributed by atoms with Crippen LogP contribution >= 0.6 is 34.8 Å². The van der Waals surface area contributed by atoms with Crippen molar-refractivity contribution in [2.45, 2.75) is 13.3 Å². The quantitative estimate of drug-likeness (QED) is 0.695. The van der Waals surface area contributed by atoms with Gasteiger partial charge in [-0.1, -0.05) is 53.0 Å². The van der Waals surface area contributed by atoms with E-state index in [1.165, 1.54) is 0 Å². The lowest BCUT2D eigenvalue weighted by atomic mass is 10.0. The van der Waals surface area contributed by atoms with E-state index in [2.05, 4.69) is 0 Å². The molecule has 0 atom stereocenters. The van der Waals surface area contributed by atoms with Crippen LogP contribution in [0.15, 0.2) is 36.4 Å². The Morgan fingerprint density at radius 3 is 2.47 bits per heavy atom. The second kappa shape index (κ2) is 5.96. The lowest BCUT2D eigenvalue weighted by Gasteiger charge is -2.07. The van der Waals surface area contributed by atoms with Gasteiger partial charge in [0.05, 0.1) is 15.1 Å². The van der Waals surface area contributed by atoms with Crippen LogP contribution in [-0.2, 0) is 6.42 Å². The number of aryl methyl sites for hydroxylation is 1. The Bertz CT molecular complexity index is 635. The Morgan fingerprint density at radius 1 is 1.05 bits per heavy atom. The van der Waals surface area contributed by atoms with Crippen molar-refractivity contribution in [1.82, 2.24) is 0 Å². The van der Waals surface area contributed by atoms with Gasteiger partial charge in [0.1, 0.15) is 0 Å². The summed E-state index contributed by atoms with van der Waals surface area (Å²) >= 11 is 18.1. The third-order valence-electron chi connectivity index (χ3n) is 2.81. The van der Waals surface area contributed by atoms with Crippen molar-refractivity contribution in [3.63, 3.8) is 0 Å². The Balaban J connectivity index is 2.28. The molecule has 0 saturated carbocycles. The average molecular weight is 314 g/mol. The number of hydrogen-bond acceptors (Lipinski definition) is 1. The van der Waals surface area contributed by atoms with Gasteiger partial charge in [0.2, 0.25) is 0 Å². The molecule has 0 radical (unpaired) electrons. The van der Waals surface area contributed by atoms with Crippen molar-refractivity contribution in [3.05, 3.63) is 68.2 Å². The van der Waals surface area contributed by atoms with E-state index in [4.69, 9.17) is 34.8 Å². The van der Waals surface area contributed by atoms with Crippen LogP contribution in [0.5, 0.6) is 0 Å². The molecule has 0 N–H and O–H groups in total. The predicted molar refractivity (Wildman–Crippen MR) is 80.7 cm³/mol. The zero-order valence-corrected chi connectivity index (χ0v) is 12.5. The zero-order chi connectivity index (χ0) is 14.0. The first-order chi connectivity index (χ1) is 8.99. The fourth-order valence-electron chi connectivity index (χ4n) is 1.80. The third-order valence-corrected chi connectivity index (χ3v) is 3.98. The van der Waals surface area contributed by atoms with E-state index >= 15 is 0 Å². The van der Waals surface area contributed by atoms with Gasteiger partial charge in [-0.2, -0.15) is 0 Å². The minimum absolute atomic E-state index is 0.0748. The van der Waals surface area contributed by atoms with E-state index in [0.29, 0.717) is 26.2 Å². The third kappa shape index (κ3) is 3.30. The number of carbonyl (C=O) groups is 1. The van der Waals surface area contributed by atoms with E-state index in [1.807, 2.05) is 13.0 Å². The molecule has 0 fully saturated rings. The molecule has 0 unspecified atom stereocenters. The maximum atomic E-state index is 12.2. The van der Waals surface area contributed by atoms with Crippen LogP contribution < -0.4 is 0 Å². The van der Waals surface area contributed by atoms with Gasteiger partial charge in [0, 0.05) is 12.0 Å². The number of halogens is 3. The van der Waals surface area contributed by atoms with Crippen LogP contribution in [-0.4, -0.2) is 5.78 Å². The van der Waals surface area contributed by atoms with Gasteiger partial charge in [0.15, 0.2) is 5.78 Å². The number of rotatable bonds is 3. The monoisotopic (exact) mass is 312 g/mol. The van der Waals surface area contributed by atoms with Crippen molar-refractivity contribution in [3.8, 4) is 0 Å². The second-order valence-electron chi connectivity index (χ2n) is 4.30. The fourth-order valence-corrected chi connectivity index (χ4v) is 2.53. The first-order valence-electron chi connectivity index (χ1n) is 5.71. The first-order valence-corrected chi connectivity index (χ1v) is 6.84.